The van der Waals surface area contributed by atoms with Gasteiger partial charge in [0.15, 0.2) is 17.2 Å². The van der Waals surface area contributed by atoms with E-state index in [2.05, 4.69) is 22.0 Å². The van der Waals surface area contributed by atoms with E-state index in [-0.39, 0.29) is 11.7 Å². The van der Waals surface area contributed by atoms with Gasteiger partial charge in [0.1, 0.15) is 16.9 Å². The first-order valence-electron chi connectivity index (χ1n) is 9.00. The lowest BCUT2D eigenvalue weighted by atomic mass is 10.2. The molecular formula is C20H25FN4O4. The summed E-state index contributed by atoms with van der Waals surface area (Å²) in [5, 5.41) is 6.52. The minimum atomic E-state index is -1.09. The maximum absolute atomic E-state index is 12.7. The number of amides is 1. The molecule has 1 aromatic carbocycles. The summed E-state index contributed by atoms with van der Waals surface area (Å²) in [5.41, 5.74) is 6.43. The number of nitrogens with one attached hydrogen (secondary N) is 1. The van der Waals surface area contributed by atoms with Crippen LogP contribution in [0.15, 0.2) is 47.4 Å². The van der Waals surface area contributed by atoms with Gasteiger partial charge in [-0.15, -0.1) is 0 Å². The Morgan fingerprint density at radius 1 is 1.24 bits per heavy atom. The molecule has 0 atom stereocenters. The van der Waals surface area contributed by atoms with Crippen LogP contribution in [0.3, 0.4) is 0 Å². The van der Waals surface area contributed by atoms with Crippen molar-refractivity contribution in [2.45, 2.75) is 27.7 Å². The fourth-order valence-electron chi connectivity index (χ4n) is 2.09. The number of anilines is 2. The average molecular weight is 404 g/mol. The third-order valence-corrected chi connectivity index (χ3v) is 3.22. The monoisotopic (exact) mass is 404 g/mol. The van der Waals surface area contributed by atoms with Crippen LogP contribution >= 0.6 is 0 Å². The molecule has 0 saturated carbocycles. The van der Waals surface area contributed by atoms with E-state index in [1.807, 2.05) is 27.7 Å². The number of halogens is 1. The highest BCUT2D eigenvalue weighted by molar-refractivity contribution is 6.01. The molecule has 0 aliphatic rings. The van der Waals surface area contributed by atoms with Gasteiger partial charge in [-0.3, -0.25) is 4.79 Å². The molecule has 0 bridgehead atoms. The van der Waals surface area contributed by atoms with Gasteiger partial charge in [0.25, 0.3) is 5.91 Å². The van der Waals surface area contributed by atoms with Crippen LogP contribution in [0.1, 0.15) is 27.7 Å². The Morgan fingerprint density at radius 3 is 2.48 bits per heavy atom. The van der Waals surface area contributed by atoms with Gasteiger partial charge in [-0.2, -0.15) is 0 Å². The maximum Gasteiger partial charge on any atom is 0.283 e. The SMILES string of the molecule is C=C(F)C(=O)Nc1ccc(Oc2cc(OC)c3c(N)noc3c2)nc1.CC.CC. The lowest BCUT2D eigenvalue weighted by Crippen LogP contribution is -2.11. The third-order valence-electron chi connectivity index (χ3n) is 3.22. The van der Waals surface area contributed by atoms with E-state index in [1.54, 1.807) is 12.1 Å². The molecule has 156 valence electrons. The number of carbonyl (C=O) groups excluding carboxylic acids is 1. The van der Waals surface area contributed by atoms with Crippen LogP contribution in [-0.4, -0.2) is 23.2 Å². The van der Waals surface area contributed by atoms with Gasteiger partial charge in [0.2, 0.25) is 5.88 Å². The topological polar surface area (TPSA) is 112 Å². The Kier molecular flexibility index (Phi) is 9.11. The fraction of sp³-hybridized carbons (Fsp3) is 0.250. The predicted molar refractivity (Wildman–Crippen MR) is 111 cm³/mol. The zero-order valence-corrected chi connectivity index (χ0v) is 17.1. The van der Waals surface area contributed by atoms with Crippen molar-refractivity contribution in [3.63, 3.8) is 0 Å². The smallest absolute Gasteiger partial charge is 0.283 e. The summed E-state index contributed by atoms with van der Waals surface area (Å²) in [4.78, 5) is 15.2. The second-order valence-corrected chi connectivity index (χ2v) is 4.91. The number of pyridine rings is 1. The molecule has 0 unspecified atom stereocenters. The molecule has 3 N–H and O–H groups in total. The number of ether oxygens (including phenoxy) is 2. The Labute approximate surface area is 168 Å². The number of hydrogen-bond donors (Lipinski definition) is 2. The number of nitrogens with two attached hydrogens (primary N) is 1. The largest absolute Gasteiger partial charge is 0.496 e. The van der Waals surface area contributed by atoms with Crippen molar-refractivity contribution in [1.82, 2.24) is 10.1 Å². The number of methoxy groups -OCH3 is 1. The molecule has 0 spiro atoms. The molecule has 1 amide bonds. The lowest BCUT2D eigenvalue weighted by molar-refractivity contribution is -0.114. The number of aromatic nitrogens is 2. The molecule has 0 aliphatic carbocycles. The molecule has 8 nitrogen and oxygen atoms in total. The number of nitrogen functional groups attached to an aromatic ring is 1. The van der Waals surface area contributed by atoms with Crippen LogP contribution in [0.4, 0.5) is 15.9 Å². The first-order chi connectivity index (χ1) is 14.0. The first kappa shape index (κ1) is 23.4. The summed E-state index contributed by atoms with van der Waals surface area (Å²) in [6.45, 7) is 10.9. The highest BCUT2D eigenvalue weighted by Gasteiger charge is 2.14. The molecular weight excluding hydrogens is 379 g/mol. The molecule has 2 heterocycles. The Hall–Kier alpha value is -3.62. The molecule has 2 aromatic heterocycles. The summed E-state index contributed by atoms with van der Waals surface area (Å²) in [6, 6.07) is 6.21. The number of fused-ring (bicyclic) bond motifs is 1. The number of hydrogen-bond acceptors (Lipinski definition) is 7. The Morgan fingerprint density at radius 2 is 1.93 bits per heavy atom. The standard InChI is InChI=1S/C16H13FN4O4.2C2H6/c1-8(17)16(22)20-9-3-4-13(19-7-9)24-10-5-11(23-2)14-12(6-10)25-21-15(14)18;2*1-2/h3-7H,1H2,2H3,(H2,18,21)(H,20,22);2*1-2H3. The van der Waals surface area contributed by atoms with Crippen molar-refractivity contribution >= 4 is 28.4 Å². The first-order valence-corrected chi connectivity index (χ1v) is 9.00. The number of benzene rings is 1. The van der Waals surface area contributed by atoms with Crippen molar-refractivity contribution in [1.29, 1.82) is 0 Å². The van der Waals surface area contributed by atoms with E-state index in [1.165, 1.54) is 25.4 Å². The Bertz CT molecular complexity index is 955. The summed E-state index contributed by atoms with van der Waals surface area (Å²) >= 11 is 0. The van der Waals surface area contributed by atoms with E-state index >= 15 is 0 Å². The number of nitrogens with zero attached hydrogens (tertiary/aromatic N) is 2. The normalized spacial score (nSPS) is 9.45. The van der Waals surface area contributed by atoms with Gasteiger partial charge in [-0.05, 0) is 6.07 Å². The van der Waals surface area contributed by atoms with Gasteiger partial charge >= 0.3 is 0 Å². The molecule has 0 saturated heterocycles. The zero-order valence-electron chi connectivity index (χ0n) is 17.1. The van der Waals surface area contributed by atoms with Crippen LogP contribution in [0.5, 0.6) is 17.4 Å². The van der Waals surface area contributed by atoms with E-state index in [0.29, 0.717) is 28.2 Å². The van der Waals surface area contributed by atoms with E-state index in [0.717, 1.165) is 0 Å². The Balaban J connectivity index is 0.000000989. The zero-order chi connectivity index (χ0) is 22.0. The average Bonchev–Trinajstić information content (AvgIpc) is 3.12. The summed E-state index contributed by atoms with van der Waals surface area (Å²) < 4.78 is 28.7. The van der Waals surface area contributed by atoms with Crippen LogP contribution in [-0.2, 0) is 4.79 Å². The van der Waals surface area contributed by atoms with Crippen LogP contribution < -0.4 is 20.5 Å². The second-order valence-electron chi connectivity index (χ2n) is 4.91. The molecule has 29 heavy (non-hydrogen) atoms. The molecule has 0 aliphatic heterocycles. The molecule has 3 aromatic rings. The van der Waals surface area contributed by atoms with Crippen molar-refractivity contribution < 1.29 is 23.2 Å². The van der Waals surface area contributed by atoms with Crippen molar-refractivity contribution in [2.75, 3.05) is 18.2 Å². The van der Waals surface area contributed by atoms with Crippen LogP contribution in [0.25, 0.3) is 11.0 Å². The lowest BCUT2D eigenvalue weighted by Gasteiger charge is -2.08. The van der Waals surface area contributed by atoms with Crippen molar-refractivity contribution in [3.05, 3.63) is 42.9 Å². The van der Waals surface area contributed by atoms with E-state index in [4.69, 9.17) is 19.7 Å². The van der Waals surface area contributed by atoms with Crippen molar-refractivity contribution in [3.8, 4) is 17.4 Å². The minimum Gasteiger partial charge on any atom is -0.496 e. The van der Waals surface area contributed by atoms with E-state index in [9.17, 15) is 9.18 Å². The van der Waals surface area contributed by atoms with Gasteiger partial charge < -0.3 is 25.0 Å². The molecule has 0 fully saturated rings. The van der Waals surface area contributed by atoms with Crippen molar-refractivity contribution in [2.24, 2.45) is 0 Å². The van der Waals surface area contributed by atoms with Gasteiger partial charge in [-0.1, -0.05) is 39.4 Å². The van der Waals surface area contributed by atoms with Gasteiger partial charge in [-0.25, -0.2) is 9.37 Å². The fourth-order valence-corrected chi connectivity index (χ4v) is 2.09. The highest BCUT2D eigenvalue weighted by atomic mass is 19.1. The molecule has 0 radical (unpaired) electrons. The van der Waals surface area contributed by atoms with Crippen LogP contribution in [0.2, 0.25) is 0 Å². The quantitative estimate of drug-likeness (QED) is 0.570. The second kappa shape index (κ2) is 11.3. The summed E-state index contributed by atoms with van der Waals surface area (Å²) in [7, 11) is 1.49. The number of rotatable bonds is 5. The molecule has 9 heteroatoms. The minimum absolute atomic E-state index is 0.214. The molecule has 3 rings (SSSR count). The predicted octanol–water partition coefficient (Wildman–Crippen LogP) is 5.08. The van der Waals surface area contributed by atoms with Gasteiger partial charge in [0.05, 0.1) is 19.0 Å². The third kappa shape index (κ3) is 5.93. The van der Waals surface area contributed by atoms with Crippen LogP contribution in [0, 0.1) is 0 Å². The number of carbonyl (C=O) groups is 1. The maximum atomic E-state index is 12.7. The summed E-state index contributed by atoms with van der Waals surface area (Å²) in [5.74, 6) is -0.740. The van der Waals surface area contributed by atoms with Gasteiger partial charge in [0, 0.05) is 18.2 Å². The highest BCUT2D eigenvalue weighted by Crippen LogP contribution is 2.36. The van der Waals surface area contributed by atoms with E-state index < -0.39 is 11.7 Å². The summed E-state index contributed by atoms with van der Waals surface area (Å²) in [6.07, 6.45) is 1.32.